The van der Waals surface area contributed by atoms with Crippen molar-refractivity contribution >= 4 is 17.0 Å². The molecule has 1 aliphatic rings. The summed E-state index contributed by atoms with van der Waals surface area (Å²) < 4.78 is 0. The molecular formula is C14H17N3S. The Labute approximate surface area is 111 Å². The van der Waals surface area contributed by atoms with E-state index in [0.717, 1.165) is 25.3 Å². The molecule has 0 saturated heterocycles. The molecule has 0 saturated carbocycles. The largest absolute Gasteiger partial charge is 0.385 e. The SMILES string of the molecule is c1cc2c(c(CNCc3cscn3)c1)NCCC2. The van der Waals surface area contributed by atoms with Gasteiger partial charge in [-0.1, -0.05) is 18.2 Å². The van der Waals surface area contributed by atoms with E-state index in [1.165, 1.54) is 29.7 Å². The molecule has 0 radical (unpaired) electrons. The zero-order valence-electron chi connectivity index (χ0n) is 10.3. The lowest BCUT2D eigenvalue weighted by molar-refractivity contribution is 0.680. The van der Waals surface area contributed by atoms with Gasteiger partial charge in [-0.25, -0.2) is 4.98 Å². The van der Waals surface area contributed by atoms with Crippen molar-refractivity contribution in [2.45, 2.75) is 25.9 Å². The van der Waals surface area contributed by atoms with Crippen LogP contribution >= 0.6 is 11.3 Å². The molecule has 0 bridgehead atoms. The monoisotopic (exact) mass is 259 g/mol. The number of fused-ring (bicyclic) bond motifs is 1. The van der Waals surface area contributed by atoms with Crippen molar-refractivity contribution in [2.24, 2.45) is 0 Å². The van der Waals surface area contributed by atoms with Gasteiger partial charge in [-0.15, -0.1) is 11.3 Å². The number of rotatable bonds is 4. The molecule has 18 heavy (non-hydrogen) atoms. The lowest BCUT2D eigenvalue weighted by atomic mass is 9.99. The fraction of sp³-hybridized carbons (Fsp3) is 0.357. The van der Waals surface area contributed by atoms with Crippen LogP contribution in [-0.2, 0) is 19.5 Å². The van der Waals surface area contributed by atoms with Crippen LogP contribution in [0.1, 0.15) is 23.2 Å². The van der Waals surface area contributed by atoms with E-state index in [2.05, 4.69) is 39.2 Å². The van der Waals surface area contributed by atoms with Crippen molar-refractivity contribution < 1.29 is 0 Å². The molecule has 2 N–H and O–H groups in total. The highest BCUT2D eigenvalue weighted by atomic mass is 32.1. The van der Waals surface area contributed by atoms with Crippen LogP contribution in [0.4, 0.5) is 5.69 Å². The molecule has 3 nitrogen and oxygen atoms in total. The van der Waals surface area contributed by atoms with Crippen LogP contribution in [0.2, 0.25) is 0 Å². The number of hydrogen-bond acceptors (Lipinski definition) is 4. The number of thiazole rings is 1. The van der Waals surface area contributed by atoms with Crippen LogP contribution in [-0.4, -0.2) is 11.5 Å². The lowest BCUT2D eigenvalue weighted by Gasteiger charge is -2.21. The molecule has 0 unspecified atom stereocenters. The molecule has 0 amide bonds. The third-order valence-corrected chi connectivity index (χ3v) is 3.90. The van der Waals surface area contributed by atoms with Gasteiger partial charge in [0.25, 0.3) is 0 Å². The number of aryl methyl sites for hydroxylation is 1. The van der Waals surface area contributed by atoms with Gasteiger partial charge in [0.2, 0.25) is 0 Å². The maximum Gasteiger partial charge on any atom is 0.0795 e. The molecule has 0 spiro atoms. The van der Waals surface area contributed by atoms with Crippen LogP contribution in [0.25, 0.3) is 0 Å². The van der Waals surface area contributed by atoms with Gasteiger partial charge >= 0.3 is 0 Å². The maximum absolute atomic E-state index is 4.28. The minimum Gasteiger partial charge on any atom is -0.385 e. The summed E-state index contributed by atoms with van der Waals surface area (Å²) in [5, 5.41) is 9.07. The predicted molar refractivity (Wildman–Crippen MR) is 75.9 cm³/mol. The zero-order chi connectivity index (χ0) is 12.2. The van der Waals surface area contributed by atoms with Crippen LogP contribution < -0.4 is 10.6 Å². The first-order chi connectivity index (χ1) is 8.93. The lowest BCUT2D eigenvalue weighted by Crippen LogP contribution is -2.18. The van der Waals surface area contributed by atoms with E-state index in [0.29, 0.717) is 0 Å². The topological polar surface area (TPSA) is 37.0 Å². The molecule has 94 valence electrons. The minimum absolute atomic E-state index is 0.840. The van der Waals surface area contributed by atoms with E-state index in [1.54, 1.807) is 11.3 Å². The number of nitrogens with one attached hydrogen (secondary N) is 2. The minimum atomic E-state index is 0.840. The van der Waals surface area contributed by atoms with E-state index in [9.17, 15) is 0 Å². The highest BCUT2D eigenvalue weighted by Crippen LogP contribution is 2.25. The van der Waals surface area contributed by atoms with Crippen molar-refractivity contribution in [2.75, 3.05) is 11.9 Å². The van der Waals surface area contributed by atoms with Gasteiger partial charge in [-0.3, -0.25) is 0 Å². The van der Waals surface area contributed by atoms with Crippen LogP contribution in [0, 0.1) is 0 Å². The molecule has 4 heteroatoms. The van der Waals surface area contributed by atoms with Crippen molar-refractivity contribution in [3.05, 3.63) is 45.9 Å². The highest BCUT2D eigenvalue weighted by Gasteiger charge is 2.11. The first kappa shape index (κ1) is 11.7. The van der Waals surface area contributed by atoms with E-state index in [-0.39, 0.29) is 0 Å². The second-order valence-electron chi connectivity index (χ2n) is 4.56. The molecule has 1 aromatic heterocycles. The van der Waals surface area contributed by atoms with Crippen molar-refractivity contribution in [3.8, 4) is 0 Å². The summed E-state index contributed by atoms with van der Waals surface area (Å²) in [5.41, 5.74) is 7.16. The Balaban J connectivity index is 1.65. The summed E-state index contributed by atoms with van der Waals surface area (Å²) in [4.78, 5) is 4.28. The number of hydrogen-bond donors (Lipinski definition) is 2. The fourth-order valence-electron chi connectivity index (χ4n) is 2.38. The highest BCUT2D eigenvalue weighted by molar-refractivity contribution is 7.07. The van der Waals surface area contributed by atoms with Crippen molar-refractivity contribution in [1.82, 2.24) is 10.3 Å². The Morgan fingerprint density at radius 1 is 1.33 bits per heavy atom. The van der Waals surface area contributed by atoms with Gasteiger partial charge < -0.3 is 10.6 Å². The molecular weight excluding hydrogens is 242 g/mol. The fourth-order valence-corrected chi connectivity index (χ4v) is 2.94. The van der Waals surface area contributed by atoms with E-state index < -0.39 is 0 Å². The number of anilines is 1. The maximum atomic E-state index is 4.28. The number of aromatic nitrogens is 1. The van der Waals surface area contributed by atoms with Gasteiger partial charge in [0.15, 0.2) is 0 Å². The Morgan fingerprint density at radius 3 is 3.22 bits per heavy atom. The number of para-hydroxylation sites is 1. The molecule has 3 rings (SSSR count). The molecule has 1 aromatic carbocycles. The molecule has 2 heterocycles. The summed E-state index contributed by atoms with van der Waals surface area (Å²) in [6, 6.07) is 6.59. The Hall–Kier alpha value is -1.39. The molecule has 1 aliphatic heterocycles. The molecule has 0 fully saturated rings. The van der Waals surface area contributed by atoms with Crippen molar-refractivity contribution in [3.63, 3.8) is 0 Å². The summed E-state index contributed by atoms with van der Waals surface area (Å²) in [5.74, 6) is 0. The van der Waals surface area contributed by atoms with Gasteiger partial charge in [-0.2, -0.15) is 0 Å². The summed E-state index contributed by atoms with van der Waals surface area (Å²) in [6.45, 7) is 2.83. The normalized spacial score (nSPS) is 14.0. The molecule has 0 atom stereocenters. The molecule has 0 aliphatic carbocycles. The molecule has 2 aromatic rings. The van der Waals surface area contributed by atoms with Gasteiger partial charge in [0.1, 0.15) is 0 Å². The predicted octanol–water partition coefficient (Wildman–Crippen LogP) is 2.79. The smallest absolute Gasteiger partial charge is 0.0795 e. The van der Waals surface area contributed by atoms with Crippen LogP contribution in [0.5, 0.6) is 0 Å². The van der Waals surface area contributed by atoms with E-state index >= 15 is 0 Å². The average molecular weight is 259 g/mol. The second kappa shape index (κ2) is 5.50. The van der Waals surface area contributed by atoms with Crippen LogP contribution in [0.15, 0.2) is 29.1 Å². The third-order valence-electron chi connectivity index (χ3n) is 3.27. The van der Waals surface area contributed by atoms with Gasteiger partial charge in [0, 0.05) is 30.7 Å². The van der Waals surface area contributed by atoms with Crippen LogP contribution in [0.3, 0.4) is 0 Å². The van der Waals surface area contributed by atoms with E-state index in [4.69, 9.17) is 0 Å². The Morgan fingerprint density at radius 2 is 2.33 bits per heavy atom. The Bertz CT molecular complexity index is 508. The van der Waals surface area contributed by atoms with Crippen molar-refractivity contribution in [1.29, 1.82) is 0 Å². The number of nitrogens with zero attached hydrogens (tertiary/aromatic N) is 1. The summed E-state index contributed by atoms with van der Waals surface area (Å²) >= 11 is 1.65. The standard InChI is InChI=1S/C14H17N3S/c1-3-11-5-2-6-16-14(11)12(4-1)7-15-8-13-9-18-10-17-13/h1,3-4,9-10,15-16H,2,5-8H2. The quantitative estimate of drug-likeness (QED) is 0.886. The Kier molecular flexibility index (Phi) is 3.57. The first-order valence-corrected chi connectivity index (χ1v) is 7.30. The van der Waals surface area contributed by atoms with Gasteiger partial charge in [-0.05, 0) is 24.0 Å². The average Bonchev–Trinajstić information content (AvgIpc) is 2.92. The summed E-state index contributed by atoms with van der Waals surface area (Å²) in [7, 11) is 0. The first-order valence-electron chi connectivity index (χ1n) is 6.36. The zero-order valence-corrected chi connectivity index (χ0v) is 11.1. The summed E-state index contributed by atoms with van der Waals surface area (Å²) in [6.07, 6.45) is 2.44. The third kappa shape index (κ3) is 2.54. The van der Waals surface area contributed by atoms with Gasteiger partial charge in [0.05, 0.1) is 11.2 Å². The number of benzene rings is 1. The second-order valence-corrected chi connectivity index (χ2v) is 5.28. The van der Waals surface area contributed by atoms with E-state index in [1.807, 2.05) is 5.51 Å².